The molecule has 0 spiro atoms. The number of hydrogen-bond donors (Lipinski definition) is 1. The number of ether oxygens (including phenoxy) is 1. The van der Waals surface area contributed by atoms with Gasteiger partial charge in [0.15, 0.2) is 0 Å². The van der Waals surface area contributed by atoms with Crippen molar-refractivity contribution in [2.75, 3.05) is 6.61 Å². The van der Waals surface area contributed by atoms with Crippen LogP contribution < -0.4 is 0 Å². The van der Waals surface area contributed by atoms with Crippen molar-refractivity contribution in [2.24, 2.45) is 0 Å². The summed E-state index contributed by atoms with van der Waals surface area (Å²) in [6, 6.07) is 5.05. The van der Waals surface area contributed by atoms with Crippen molar-refractivity contribution in [3.05, 3.63) is 29.3 Å². The van der Waals surface area contributed by atoms with Crippen LogP contribution in [0.25, 0.3) is 0 Å². The highest BCUT2D eigenvalue weighted by Gasteiger charge is 2.13. The van der Waals surface area contributed by atoms with Gasteiger partial charge >= 0.3 is 5.97 Å². The van der Waals surface area contributed by atoms with E-state index in [1.165, 1.54) is 96.3 Å². The van der Waals surface area contributed by atoms with Gasteiger partial charge in [0.25, 0.3) is 0 Å². The molecule has 0 saturated carbocycles. The van der Waals surface area contributed by atoms with E-state index in [1.54, 1.807) is 18.2 Å². The molecule has 0 saturated heterocycles. The third-order valence-electron chi connectivity index (χ3n) is 6.34. The predicted octanol–water partition coefficient (Wildman–Crippen LogP) is 9.15. The third-order valence-corrected chi connectivity index (χ3v) is 6.34. The van der Waals surface area contributed by atoms with Crippen LogP contribution in [0.1, 0.15) is 145 Å². The Balaban J connectivity index is 2.21. The van der Waals surface area contributed by atoms with E-state index in [9.17, 15) is 9.90 Å². The quantitative estimate of drug-likeness (QED) is 0.151. The standard InChI is InChI=1S/C29H50O3/c1-3-5-7-9-11-13-14-15-17-19-21-26-25-27(30)22-23-28(26)29(31)32-24-20-18-16-12-10-8-6-4-2/h22-23,25,30H,3-21,24H2,1-2H3. The molecule has 0 atom stereocenters. The topological polar surface area (TPSA) is 46.5 Å². The van der Waals surface area contributed by atoms with Crippen LogP contribution in [0.5, 0.6) is 5.75 Å². The summed E-state index contributed by atoms with van der Waals surface area (Å²) in [7, 11) is 0. The Kier molecular flexibility index (Phi) is 17.9. The van der Waals surface area contributed by atoms with E-state index >= 15 is 0 Å². The molecule has 1 N–H and O–H groups in total. The molecule has 0 aliphatic carbocycles. The van der Waals surface area contributed by atoms with Crippen molar-refractivity contribution >= 4 is 5.97 Å². The fourth-order valence-corrected chi connectivity index (χ4v) is 4.27. The van der Waals surface area contributed by atoms with Gasteiger partial charge < -0.3 is 9.84 Å². The minimum absolute atomic E-state index is 0.228. The molecule has 0 amide bonds. The van der Waals surface area contributed by atoms with Gasteiger partial charge in [-0.05, 0) is 43.0 Å². The van der Waals surface area contributed by atoms with Crippen LogP contribution in [0.3, 0.4) is 0 Å². The summed E-state index contributed by atoms with van der Waals surface area (Å²) in [4.78, 5) is 12.6. The summed E-state index contributed by atoms with van der Waals surface area (Å²) >= 11 is 0. The lowest BCUT2D eigenvalue weighted by molar-refractivity contribution is 0.0496. The Morgan fingerprint density at radius 3 is 1.69 bits per heavy atom. The molecule has 0 unspecified atom stereocenters. The number of esters is 1. The van der Waals surface area contributed by atoms with Gasteiger partial charge in [-0.2, -0.15) is 0 Å². The predicted molar refractivity (Wildman–Crippen MR) is 137 cm³/mol. The maximum absolute atomic E-state index is 12.6. The molecule has 0 aliphatic rings. The summed E-state index contributed by atoms with van der Waals surface area (Å²) in [5.41, 5.74) is 1.55. The highest BCUT2D eigenvalue weighted by molar-refractivity contribution is 5.91. The molecule has 1 aromatic rings. The largest absolute Gasteiger partial charge is 0.508 e. The Morgan fingerprint density at radius 2 is 1.16 bits per heavy atom. The first-order valence-corrected chi connectivity index (χ1v) is 13.7. The lowest BCUT2D eigenvalue weighted by Crippen LogP contribution is -2.09. The first kappa shape index (κ1) is 28.5. The summed E-state index contributed by atoms with van der Waals surface area (Å²) in [6.07, 6.45) is 23.6. The summed E-state index contributed by atoms with van der Waals surface area (Å²) in [5, 5.41) is 9.88. The average Bonchev–Trinajstić information content (AvgIpc) is 2.79. The first-order chi connectivity index (χ1) is 15.7. The molecular weight excluding hydrogens is 396 g/mol. The van der Waals surface area contributed by atoms with Crippen LogP contribution in [0.4, 0.5) is 0 Å². The van der Waals surface area contributed by atoms with E-state index in [0.717, 1.165) is 31.2 Å². The summed E-state index contributed by atoms with van der Waals surface area (Å²) < 4.78 is 5.53. The Labute approximate surface area is 198 Å². The van der Waals surface area contributed by atoms with Gasteiger partial charge in [0.05, 0.1) is 12.2 Å². The summed E-state index contributed by atoms with van der Waals surface area (Å²) in [6.45, 7) is 4.99. The van der Waals surface area contributed by atoms with Crippen molar-refractivity contribution in [3.63, 3.8) is 0 Å². The smallest absolute Gasteiger partial charge is 0.338 e. The van der Waals surface area contributed by atoms with Crippen molar-refractivity contribution in [1.82, 2.24) is 0 Å². The molecular formula is C29H50O3. The zero-order valence-corrected chi connectivity index (χ0v) is 21.1. The van der Waals surface area contributed by atoms with Crippen LogP contribution in [-0.2, 0) is 11.2 Å². The third kappa shape index (κ3) is 14.5. The molecule has 3 nitrogen and oxygen atoms in total. The Morgan fingerprint density at radius 1 is 0.688 bits per heavy atom. The molecule has 1 rings (SSSR count). The second-order valence-corrected chi connectivity index (χ2v) is 9.38. The van der Waals surface area contributed by atoms with E-state index in [4.69, 9.17) is 4.74 Å². The highest BCUT2D eigenvalue weighted by Crippen LogP contribution is 2.21. The number of aromatic hydroxyl groups is 1. The first-order valence-electron chi connectivity index (χ1n) is 13.7. The normalized spacial score (nSPS) is 11.1. The van der Waals surface area contributed by atoms with Crippen LogP contribution >= 0.6 is 0 Å². The molecule has 32 heavy (non-hydrogen) atoms. The zero-order valence-electron chi connectivity index (χ0n) is 21.1. The molecule has 3 heteroatoms. The van der Waals surface area contributed by atoms with E-state index in [2.05, 4.69) is 13.8 Å². The second kappa shape index (κ2) is 20.1. The van der Waals surface area contributed by atoms with Gasteiger partial charge in [-0.25, -0.2) is 4.79 Å². The number of rotatable bonds is 21. The maximum atomic E-state index is 12.6. The van der Waals surface area contributed by atoms with E-state index < -0.39 is 0 Å². The molecule has 0 aromatic heterocycles. The molecule has 0 aliphatic heterocycles. The van der Waals surface area contributed by atoms with Crippen LogP contribution in [0.2, 0.25) is 0 Å². The molecule has 0 heterocycles. The van der Waals surface area contributed by atoms with Crippen LogP contribution in [0, 0.1) is 0 Å². The maximum Gasteiger partial charge on any atom is 0.338 e. The highest BCUT2D eigenvalue weighted by atomic mass is 16.5. The van der Waals surface area contributed by atoms with Gasteiger partial charge in [-0.3, -0.25) is 0 Å². The molecule has 0 bridgehead atoms. The fraction of sp³-hybridized carbons (Fsp3) is 0.759. The van der Waals surface area contributed by atoms with Gasteiger partial charge in [-0.15, -0.1) is 0 Å². The van der Waals surface area contributed by atoms with Crippen molar-refractivity contribution in [2.45, 2.75) is 136 Å². The summed E-state index contributed by atoms with van der Waals surface area (Å²) in [5.74, 6) is -0.0123. The number of aryl methyl sites for hydroxylation is 1. The van der Waals surface area contributed by atoms with Gasteiger partial charge in [0.1, 0.15) is 5.75 Å². The molecule has 1 aromatic carbocycles. The zero-order chi connectivity index (χ0) is 23.3. The number of carbonyl (C=O) groups is 1. The number of phenolic OH excluding ortho intramolecular Hbond substituents is 1. The average molecular weight is 447 g/mol. The molecule has 184 valence electrons. The van der Waals surface area contributed by atoms with E-state index in [-0.39, 0.29) is 11.7 Å². The van der Waals surface area contributed by atoms with Crippen LogP contribution in [0.15, 0.2) is 18.2 Å². The SMILES string of the molecule is CCCCCCCCCCCCc1cc(O)ccc1C(=O)OCCCCCCCCCC. The van der Waals surface area contributed by atoms with E-state index in [0.29, 0.717) is 12.2 Å². The lowest BCUT2D eigenvalue weighted by Gasteiger charge is -2.11. The number of hydrogen-bond acceptors (Lipinski definition) is 3. The molecule has 0 radical (unpaired) electrons. The second-order valence-electron chi connectivity index (χ2n) is 9.38. The van der Waals surface area contributed by atoms with Gasteiger partial charge in [0, 0.05) is 0 Å². The monoisotopic (exact) mass is 446 g/mol. The number of phenols is 1. The van der Waals surface area contributed by atoms with Crippen LogP contribution in [-0.4, -0.2) is 17.7 Å². The van der Waals surface area contributed by atoms with Crippen molar-refractivity contribution < 1.29 is 14.6 Å². The lowest BCUT2D eigenvalue weighted by atomic mass is 9.99. The number of benzene rings is 1. The Bertz CT molecular complexity index is 582. The van der Waals surface area contributed by atoms with Gasteiger partial charge in [-0.1, -0.05) is 117 Å². The van der Waals surface area contributed by atoms with Gasteiger partial charge in [0.2, 0.25) is 0 Å². The Hall–Kier alpha value is -1.51. The number of unbranched alkanes of at least 4 members (excludes halogenated alkanes) is 16. The fourth-order valence-electron chi connectivity index (χ4n) is 4.27. The minimum atomic E-state index is -0.241. The number of carbonyl (C=O) groups excluding carboxylic acids is 1. The molecule has 0 fully saturated rings. The van der Waals surface area contributed by atoms with Crippen molar-refractivity contribution in [1.29, 1.82) is 0 Å². The van der Waals surface area contributed by atoms with E-state index in [1.807, 2.05) is 0 Å². The minimum Gasteiger partial charge on any atom is -0.508 e. The van der Waals surface area contributed by atoms with Crippen molar-refractivity contribution in [3.8, 4) is 5.75 Å².